The normalized spacial score (nSPS) is 20.9. The number of morpholine rings is 1. The first-order valence-corrected chi connectivity index (χ1v) is 7.54. The fraction of sp³-hybridized carbons (Fsp3) is 0.583. The monoisotopic (exact) mass is 333 g/mol. The lowest BCUT2D eigenvalue weighted by molar-refractivity contribution is -0.145. The molecule has 1 saturated heterocycles. The van der Waals surface area contributed by atoms with Crippen LogP contribution in [0.15, 0.2) is 15.2 Å². The molecule has 1 atom stereocenters. The van der Waals surface area contributed by atoms with Crippen molar-refractivity contribution in [3.63, 3.8) is 0 Å². The summed E-state index contributed by atoms with van der Waals surface area (Å²) < 4.78 is 11.4. The third kappa shape index (κ3) is 3.78. The van der Waals surface area contributed by atoms with Gasteiger partial charge in [-0.1, -0.05) is 0 Å². The zero-order valence-corrected chi connectivity index (χ0v) is 12.6. The molecule has 2 rings (SSSR count). The Morgan fingerprint density at radius 2 is 2.50 bits per heavy atom. The third-order valence-electron chi connectivity index (χ3n) is 2.93. The lowest BCUT2D eigenvalue weighted by Gasteiger charge is -2.32. The van der Waals surface area contributed by atoms with E-state index in [1.54, 1.807) is 11.3 Å². The van der Waals surface area contributed by atoms with Crippen LogP contribution in [-0.2, 0) is 20.8 Å². The number of hydrogen-bond acceptors (Lipinski definition) is 5. The SMILES string of the molecule is COC(=O)CC1CN(Cc2cscc2Br)CCO1. The number of halogens is 1. The van der Waals surface area contributed by atoms with Gasteiger partial charge in [-0.25, -0.2) is 0 Å². The van der Waals surface area contributed by atoms with Gasteiger partial charge in [-0.15, -0.1) is 0 Å². The lowest BCUT2D eigenvalue weighted by Crippen LogP contribution is -2.42. The first-order valence-electron chi connectivity index (χ1n) is 5.80. The molecule has 0 radical (unpaired) electrons. The number of carbonyl (C=O) groups is 1. The van der Waals surface area contributed by atoms with Gasteiger partial charge in [-0.3, -0.25) is 9.69 Å². The molecule has 0 N–H and O–H groups in total. The van der Waals surface area contributed by atoms with Crippen LogP contribution in [0.2, 0.25) is 0 Å². The summed E-state index contributed by atoms with van der Waals surface area (Å²) in [6.07, 6.45) is 0.279. The van der Waals surface area contributed by atoms with E-state index in [0.717, 1.165) is 24.1 Å². The van der Waals surface area contributed by atoms with Gasteiger partial charge < -0.3 is 9.47 Å². The van der Waals surface area contributed by atoms with Gasteiger partial charge in [0.1, 0.15) is 0 Å². The molecule has 1 unspecified atom stereocenters. The molecule has 1 aliphatic heterocycles. The molecular weight excluding hydrogens is 318 g/mol. The van der Waals surface area contributed by atoms with Crippen molar-refractivity contribution in [3.05, 3.63) is 20.8 Å². The van der Waals surface area contributed by atoms with E-state index in [2.05, 4.69) is 36.3 Å². The zero-order valence-electron chi connectivity index (χ0n) is 10.2. The average Bonchev–Trinajstić information content (AvgIpc) is 2.75. The smallest absolute Gasteiger partial charge is 0.308 e. The van der Waals surface area contributed by atoms with E-state index in [1.807, 2.05) is 0 Å². The Hall–Kier alpha value is -0.430. The van der Waals surface area contributed by atoms with Crippen molar-refractivity contribution in [3.8, 4) is 0 Å². The van der Waals surface area contributed by atoms with Crippen LogP contribution >= 0.6 is 27.3 Å². The Labute approximate surface area is 119 Å². The summed E-state index contributed by atoms with van der Waals surface area (Å²) in [6, 6.07) is 0. The van der Waals surface area contributed by atoms with Crippen LogP contribution in [0.3, 0.4) is 0 Å². The second-order valence-electron chi connectivity index (χ2n) is 4.25. The Morgan fingerprint density at radius 3 is 3.17 bits per heavy atom. The van der Waals surface area contributed by atoms with Crippen molar-refractivity contribution in [1.82, 2.24) is 4.90 Å². The highest BCUT2D eigenvalue weighted by Gasteiger charge is 2.23. The summed E-state index contributed by atoms with van der Waals surface area (Å²) in [5, 5.41) is 4.23. The summed E-state index contributed by atoms with van der Waals surface area (Å²) in [6.45, 7) is 3.24. The van der Waals surface area contributed by atoms with Crippen LogP contribution in [0.4, 0.5) is 0 Å². The van der Waals surface area contributed by atoms with E-state index in [1.165, 1.54) is 12.7 Å². The number of thiophene rings is 1. The molecule has 1 fully saturated rings. The fourth-order valence-corrected chi connectivity index (χ4v) is 3.40. The zero-order chi connectivity index (χ0) is 13.0. The highest BCUT2D eigenvalue weighted by atomic mass is 79.9. The maximum absolute atomic E-state index is 11.2. The second kappa shape index (κ2) is 6.65. The van der Waals surface area contributed by atoms with Crippen LogP contribution in [0.1, 0.15) is 12.0 Å². The van der Waals surface area contributed by atoms with Crippen molar-refractivity contribution in [2.75, 3.05) is 26.8 Å². The highest BCUT2D eigenvalue weighted by molar-refractivity contribution is 9.10. The standard InChI is InChI=1S/C12H16BrNO3S/c1-16-12(15)4-10-6-14(2-3-17-10)5-9-7-18-8-11(9)13/h7-8,10H,2-6H2,1H3. The Morgan fingerprint density at radius 1 is 1.67 bits per heavy atom. The minimum atomic E-state index is -0.210. The molecule has 1 aliphatic rings. The van der Waals surface area contributed by atoms with Crippen LogP contribution < -0.4 is 0 Å². The van der Waals surface area contributed by atoms with Crippen LogP contribution in [0, 0.1) is 0 Å². The summed E-state index contributed by atoms with van der Waals surface area (Å²) in [4.78, 5) is 13.5. The van der Waals surface area contributed by atoms with Crippen molar-refractivity contribution in [2.24, 2.45) is 0 Å². The molecule has 1 aromatic rings. The van der Waals surface area contributed by atoms with Gasteiger partial charge in [0.25, 0.3) is 0 Å². The lowest BCUT2D eigenvalue weighted by atomic mass is 10.2. The van der Waals surface area contributed by atoms with Gasteiger partial charge >= 0.3 is 5.97 Å². The molecule has 100 valence electrons. The largest absolute Gasteiger partial charge is 0.469 e. The molecular formula is C12H16BrNO3S. The van der Waals surface area contributed by atoms with Crippen molar-refractivity contribution >= 4 is 33.2 Å². The molecule has 1 aromatic heterocycles. The summed E-state index contributed by atoms with van der Waals surface area (Å²) in [7, 11) is 1.41. The van der Waals surface area contributed by atoms with Crippen molar-refractivity contribution in [1.29, 1.82) is 0 Å². The van der Waals surface area contributed by atoms with Crippen molar-refractivity contribution in [2.45, 2.75) is 19.1 Å². The van der Waals surface area contributed by atoms with E-state index in [9.17, 15) is 4.79 Å². The molecule has 0 aromatic carbocycles. The maximum Gasteiger partial charge on any atom is 0.308 e. The minimum Gasteiger partial charge on any atom is -0.469 e. The molecule has 18 heavy (non-hydrogen) atoms. The van der Waals surface area contributed by atoms with E-state index >= 15 is 0 Å². The number of carbonyl (C=O) groups excluding carboxylic acids is 1. The van der Waals surface area contributed by atoms with Gasteiger partial charge in [0.05, 0.1) is 26.2 Å². The predicted octanol–water partition coefficient (Wildman–Crippen LogP) is 2.27. The number of ether oxygens (including phenoxy) is 2. The van der Waals surface area contributed by atoms with E-state index in [4.69, 9.17) is 4.74 Å². The number of rotatable bonds is 4. The van der Waals surface area contributed by atoms with E-state index in [-0.39, 0.29) is 12.1 Å². The van der Waals surface area contributed by atoms with Crippen molar-refractivity contribution < 1.29 is 14.3 Å². The minimum absolute atomic E-state index is 0.0522. The first-order chi connectivity index (χ1) is 8.69. The van der Waals surface area contributed by atoms with E-state index < -0.39 is 0 Å². The Balaban J connectivity index is 1.87. The first kappa shape index (κ1) is 14.0. The van der Waals surface area contributed by atoms with E-state index in [0.29, 0.717) is 13.0 Å². The summed E-state index contributed by atoms with van der Waals surface area (Å²) in [5.74, 6) is -0.210. The molecule has 4 nitrogen and oxygen atoms in total. The third-order valence-corrected chi connectivity index (χ3v) is 4.76. The molecule has 0 bridgehead atoms. The van der Waals surface area contributed by atoms with Gasteiger partial charge in [0.2, 0.25) is 0 Å². The van der Waals surface area contributed by atoms with Gasteiger partial charge in [0, 0.05) is 29.5 Å². The van der Waals surface area contributed by atoms with Gasteiger partial charge in [-0.2, -0.15) is 11.3 Å². The maximum atomic E-state index is 11.2. The summed E-state index contributed by atoms with van der Waals surface area (Å²) in [5.41, 5.74) is 1.29. The Kier molecular flexibility index (Phi) is 5.17. The number of esters is 1. The molecule has 6 heteroatoms. The van der Waals surface area contributed by atoms with Gasteiger partial charge in [-0.05, 0) is 26.9 Å². The quantitative estimate of drug-likeness (QED) is 0.792. The predicted molar refractivity (Wildman–Crippen MR) is 73.7 cm³/mol. The number of nitrogens with zero attached hydrogens (tertiary/aromatic N) is 1. The second-order valence-corrected chi connectivity index (χ2v) is 5.85. The fourth-order valence-electron chi connectivity index (χ4n) is 1.98. The molecule has 0 spiro atoms. The van der Waals surface area contributed by atoms with Crippen LogP contribution in [0.25, 0.3) is 0 Å². The topological polar surface area (TPSA) is 38.8 Å². The van der Waals surface area contributed by atoms with Crippen LogP contribution in [0.5, 0.6) is 0 Å². The number of hydrogen-bond donors (Lipinski definition) is 0. The average molecular weight is 334 g/mol. The number of methoxy groups -OCH3 is 1. The summed E-state index contributed by atoms with van der Waals surface area (Å²) >= 11 is 5.23. The molecule has 0 aliphatic carbocycles. The Bertz CT molecular complexity index is 410. The van der Waals surface area contributed by atoms with Crippen LogP contribution in [-0.4, -0.2) is 43.8 Å². The molecule has 0 amide bonds. The molecule has 2 heterocycles. The molecule has 0 saturated carbocycles. The van der Waals surface area contributed by atoms with Gasteiger partial charge in [0.15, 0.2) is 0 Å². The highest BCUT2D eigenvalue weighted by Crippen LogP contribution is 2.23.